The molecule has 1 aromatic heterocycles. The zero-order valence-electron chi connectivity index (χ0n) is 16.4. The zero-order chi connectivity index (χ0) is 21.7. The first kappa shape index (κ1) is 21.3. The van der Waals surface area contributed by atoms with Crippen LogP contribution in [0.5, 0.6) is 5.75 Å². The highest BCUT2D eigenvalue weighted by molar-refractivity contribution is 7.91. The number of hydrogen-bond acceptors (Lipinski definition) is 7. The van der Waals surface area contributed by atoms with E-state index in [1.165, 1.54) is 31.5 Å². The number of amides is 1. The number of carbonyl (C=O) groups excluding carboxylic acids is 1. The summed E-state index contributed by atoms with van der Waals surface area (Å²) in [7, 11) is -2.45. The van der Waals surface area contributed by atoms with E-state index in [2.05, 4.69) is 10.3 Å². The lowest BCUT2D eigenvalue weighted by atomic mass is 10.1. The van der Waals surface area contributed by atoms with Gasteiger partial charge in [-0.3, -0.25) is 15.0 Å². The average Bonchev–Trinajstić information content (AvgIpc) is 2.78. The van der Waals surface area contributed by atoms with E-state index in [1.807, 2.05) is 0 Å². The normalized spacial score (nSPS) is 12.1. The zero-order valence-corrected chi connectivity index (χ0v) is 17.2. The molecule has 1 unspecified atom stereocenters. The Labute approximate surface area is 174 Å². The topological polar surface area (TPSA) is 118 Å². The highest BCUT2D eigenvalue weighted by Crippen LogP contribution is 2.33. The van der Waals surface area contributed by atoms with E-state index in [4.69, 9.17) is 9.94 Å². The predicted octanol–water partition coefficient (Wildman–Crippen LogP) is 3.10. The maximum atomic E-state index is 13.5. The van der Waals surface area contributed by atoms with Gasteiger partial charge in [0, 0.05) is 18.0 Å². The number of pyridine rings is 1. The van der Waals surface area contributed by atoms with Crippen LogP contribution in [0.25, 0.3) is 0 Å². The summed E-state index contributed by atoms with van der Waals surface area (Å²) in [5.41, 5.74) is 3.01. The van der Waals surface area contributed by atoms with Crippen LogP contribution in [-0.4, -0.2) is 31.6 Å². The number of aryl methyl sites for hydroxylation is 1. The number of hydroxylamine groups is 1. The summed E-state index contributed by atoms with van der Waals surface area (Å²) >= 11 is 0. The van der Waals surface area contributed by atoms with Crippen molar-refractivity contribution in [3.8, 4) is 5.75 Å². The van der Waals surface area contributed by atoms with Gasteiger partial charge in [0.15, 0.2) is 5.37 Å². The second-order valence-corrected chi connectivity index (χ2v) is 8.50. The first-order valence-corrected chi connectivity index (χ1v) is 10.5. The third kappa shape index (κ3) is 4.27. The quantitative estimate of drug-likeness (QED) is 0.392. The van der Waals surface area contributed by atoms with Gasteiger partial charge in [0.25, 0.3) is 5.91 Å². The minimum absolute atomic E-state index is 0.0754. The van der Waals surface area contributed by atoms with Crippen molar-refractivity contribution in [2.75, 3.05) is 12.4 Å². The van der Waals surface area contributed by atoms with Crippen LogP contribution in [0.1, 0.15) is 26.9 Å². The summed E-state index contributed by atoms with van der Waals surface area (Å²) in [6.45, 7) is 1.73. The number of carbonyl (C=O) groups is 1. The second kappa shape index (κ2) is 8.93. The lowest BCUT2D eigenvalue weighted by Gasteiger charge is -2.23. The van der Waals surface area contributed by atoms with Crippen LogP contribution in [0.2, 0.25) is 0 Å². The van der Waals surface area contributed by atoms with Gasteiger partial charge < -0.3 is 10.1 Å². The molecule has 1 heterocycles. The Kier molecular flexibility index (Phi) is 6.34. The maximum Gasteiger partial charge on any atom is 0.276 e. The molecule has 3 rings (SSSR count). The van der Waals surface area contributed by atoms with Crippen molar-refractivity contribution in [1.29, 1.82) is 0 Å². The number of anilines is 1. The third-order valence-electron chi connectivity index (χ3n) is 4.58. The average molecular weight is 427 g/mol. The number of rotatable bonds is 7. The van der Waals surface area contributed by atoms with Gasteiger partial charge in [0.2, 0.25) is 9.84 Å². The Bertz CT molecular complexity index is 1130. The molecule has 1 atom stereocenters. The summed E-state index contributed by atoms with van der Waals surface area (Å²) in [5.74, 6) is -0.228. The number of sulfone groups is 1. The summed E-state index contributed by atoms with van der Waals surface area (Å²) < 4.78 is 32.1. The molecule has 156 valence electrons. The summed E-state index contributed by atoms with van der Waals surface area (Å²) in [4.78, 5) is 16.2. The number of hydrogen-bond donors (Lipinski definition) is 3. The molecule has 0 aliphatic heterocycles. The molecule has 3 N–H and O–H groups in total. The maximum absolute atomic E-state index is 13.5. The number of benzene rings is 2. The van der Waals surface area contributed by atoms with E-state index in [9.17, 15) is 13.2 Å². The fraction of sp³-hybridized carbons (Fsp3) is 0.143. The van der Waals surface area contributed by atoms with Gasteiger partial charge in [-0.25, -0.2) is 13.9 Å². The van der Waals surface area contributed by atoms with Crippen LogP contribution in [0.3, 0.4) is 0 Å². The summed E-state index contributed by atoms with van der Waals surface area (Å²) in [5, 5.41) is 10.8. The van der Waals surface area contributed by atoms with E-state index in [-0.39, 0.29) is 16.1 Å². The first-order chi connectivity index (χ1) is 14.4. The molecule has 0 spiro atoms. The van der Waals surface area contributed by atoms with Gasteiger partial charge in [-0.05, 0) is 48.9 Å². The molecule has 0 saturated heterocycles. The van der Waals surface area contributed by atoms with Crippen LogP contribution >= 0.6 is 0 Å². The largest absolute Gasteiger partial charge is 0.497 e. The number of para-hydroxylation sites is 1. The fourth-order valence-electron chi connectivity index (χ4n) is 3.01. The van der Waals surface area contributed by atoms with Gasteiger partial charge >= 0.3 is 0 Å². The van der Waals surface area contributed by atoms with Crippen LogP contribution in [0.4, 0.5) is 5.69 Å². The molecule has 2 aromatic carbocycles. The van der Waals surface area contributed by atoms with Crippen LogP contribution in [-0.2, 0) is 9.84 Å². The Balaban J connectivity index is 2.13. The number of ether oxygens (including phenoxy) is 1. The number of aromatic nitrogens is 1. The minimum atomic E-state index is -3.94. The van der Waals surface area contributed by atoms with Crippen molar-refractivity contribution in [1.82, 2.24) is 10.5 Å². The van der Waals surface area contributed by atoms with Crippen molar-refractivity contribution in [3.63, 3.8) is 0 Å². The van der Waals surface area contributed by atoms with Gasteiger partial charge in [-0.15, -0.1) is 0 Å². The van der Waals surface area contributed by atoms with Crippen molar-refractivity contribution in [3.05, 3.63) is 83.7 Å². The van der Waals surface area contributed by atoms with Gasteiger partial charge in [-0.2, -0.15) is 0 Å². The van der Waals surface area contributed by atoms with Gasteiger partial charge in [0.1, 0.15) is 5.75 Å². The van der Waals surface area contributed by atoms with E-state index in [0.29, 0.717) is 16.9 Å². The van der Waals surface area contributed by atoms with Crippen molar-refractivity contribution in [2.45, 2.75) is 17.2 Å². The Morgan fingerprint density at radius 3 is 2.43 bits per heavy atom. The molecule has 1 amide bonds. The molecule has 0 bridgehead atoms. The van der Waals surface area contributed by atoms with Crippen molar-refractivity contribution < 1.29 is 23.2 Å². The van der Waals surface area contributed by atoms with E-state index in [0.717, 1.165) is 0 Å². The molecule has 8 nitrogen and oxygen atoms in total. The Morgan fingerprint density at radius 2 is 1.83 bits per heavy atom. The Morgan fingerprint density at radius 1 is 1.10 bits per heavy atom. The molecule has 0 aliphatic rings. The molecular formula is C21H21N3O5S. The lowest BCUT2D eigenvalue weighted by molar-refractivity contribution is 0.0707. The van der Waals surface area contributed by atoms with E-state index < -0.39 is 21.1 Å². The van der Waals surface area contributed by atoms with Gasteiger partial charge in [-0.1, -0.05) is 18.2 Å². The number of nitrogens with zero attached hydrogens (tertiary/aromatic N) is 1. The molecule has 9 heteroatoms. The molecule has 0 saturated carbocycles. The van der Waals surface area contributed by atoms with Crippen molar-refractivity contribution >= 4 is 21.4 Å². The number of methoxy groups -OCH3 is 1. The molecule has 0 radical (unpaired) electrons. The molecule has 3 aromatic rings. The molecule has 0 aliphatic carbocycles. The fourth-order valence-corrected chi connectivity index (χ4v) is 4.57. The molecular weight excluding hydrogens is 406 g/mol. The highest BCUT2D eigenvalue weighted by atomic mass is 32.2. The standard InChI is InChI=1S/C21H21N3O5S/c1-14-5-3-7-18(20(25)24-26)19(14)23-21(15-6-4-12-22-13-15)30(27,28)17-10-8-16(29-2)9-11-17/h3-13,21,23,26H,1-2H3,(H,24,25). The number of nitrogens with one attached hydrogen (secondary N) is 2. The highest BCUT2D eigenvalue weighted by Gasteiger charge is 2.31. The minimum Gasteiger partial charge on any atom is -0.497 e. The van der Waals surface area contributed by atoms with Crippen LogP contribution < -0.4 is 15.5 Å². The SMILES string of the molecule is COc1ccc(S(=O)(=O)C(Nc2c(C)cccc2C(=O)NO)c2cccnc2)cc1. The Hall–Kier alpha value is -3.43. The molecule has 0 fully saturated rings. The summed E-state index contributed by atoms with van der Waals surface area (Å²) in [6, 6.07) is 14.2. The first-order valence-electron chi connectivity index (χ1n) is 8.97. The smallest absolute Gasteiger partial charge is 0.276 e. The van der Waals surface area contributed by atoms with E-state index >= 15 is 0 Å². The van der Waals surface area contributed by atoms with Gasteiger partial charge in [0.05, 0.1) is 23.3 Å². The third-order valence-corrected chi connectivity index (χ3v) is 6.52. The van der Waals surface area contributed by atoms with E-state index in [1.54, 1.807) is 55.0 Å². The lowest BCUT2D eigenvalue weighted by Crippen LogP contribution is -2.26. The van der Waals surface area contributed by atoms with Crippen LogP contribution in [0, 0.1) is 6.92 Å². The predicted molar refractivity (Wildman–Crippen MR) is 111 cm³/mol. The molecule has 30 heavy (non-hydrogen) atoms. The monoisotopic (exact) mass is 427 g/mol. The van der Waals surface area contributed by atoms with Crippen LogP contribution in [0.15, 0.2) is 71.9 Å². The van der Waals surface area contributed by atoms with Crippen molar-refractivity contribution in [2.24, 2.45) is 0 Å². The summed E-state index contributed by atoms with van der Waals surface area (Å²) in [6.07, 6.45) is 2.99. The second-order valence-electron chi connectivity index (χ2n) is 6.47.